The quantitative estimate of drug-likeness (QED) is 0.634. The van der Waals surface area contributed by atoms with Gasteiger partial charge in [-0.2, -0.15) is 5.10 Å². The van der Waals surface area contributed by atoms with Crippen molar-refractivity contribution in [2.45, 2.75) is 19.8 Å². The fraction of sp³-hybridized carbons (Fsp3) is 0.360. The second-order valence-corrected chi connectivity index (χ2v) is 8.59. The molecule has 0 unspecified atom stereocenters. The first-order chi connectivity index (χ1) is 15.0. The van der Waals surface area contributed by atoms with Crippen LogP contribution in [0.2, 0.25) is 0 Å². The topological polar surface area (TPSA) is 64.3 Å². The number of H-pyrrole nitrogens is 1. The van der Waals surface area contributed by atoms with E-state index in [-0.39, 0.29) is 5.91 Å². The lowest BCUT2D eigenvalue weighted by Crippen LogP contribution is -2.38. The van der Waals surface area contributed by atoms with E-state index >= 15 is 0 Å². The number of hydrogen-bond acceptors (Lipinski definition) is 4. The van der Waals surface area contributed by atoms with Crippen LogP contribution < -0.4 is 15.1 Å². The predicted octanol–water partition coefficient (Wildman–Crippen LogP) is 4.10. The van der Waals surface area contributed by atoms with E-state index in [4.69, 9.17) is 0 Å². The van der Waals surface area contributed by atoms with Gasteiger partial charge in [-0.05, 0) is 55.5 Å². The fourth-order valence-electron chi connectivity index (χ4n) is 3.97. The summed E-state index contributed by atoms with van der Waals surface area (Å²) in [4.78, 5) is 16.8. The third-order valence-electron chi connectivity index (χ3n) is 6.06. The Morgan fingerprint density at radius 1 is 1.10 bits per heavy atom. The van der Waals surface area contributed by atoms with E-state index in [0.29, 0.717) is 11.5 Å². The number of aryl methyl sites for hydroxylation is 1. The molecule has 0 radical (unpaired) electrons. The zero-order valence-electron chi connectivity index (χ0n) is 18.6. The summed E-state index contributed by atoms with van der Waals surface area (Å²) in [5, 5.41) is 10.8. The van der Waals surface area contributed by atoms with Crippen LogP contribution in [0, 0.1) is 12.8 Å². The number of nitrogens with one attached hydrogen (secondary N) is 2. The van der Waals surface area contributed by atoms with E-state index in [1.807, 2.05) is 43.3 Å². The van der Waals surface area contributed by atoms with E-state index in [9.17, 15) is 4.79 Å². The number of carbonyl (C=O) groups is 1. The molecule has 1 saturated heterocycles. The molecule has 0 bridgehead atoms. The number of amides is 1. The third-order valence-corrected chi connectivity index (χ3v) is 6.06. The zero-order chi connectivity index (χ0) is 21.8. The summed E-state index contributed by atoms with van der Waals surface area (Å²) in [5.74, 6) is 1.50. The van der Waals surface area contributed by atoms with E-state index in [1.54, 1.807) is 0 Å². The molecule has 0 saturated carbocycles. The van der Waals surface area contributed by atoms with Crippen molar-refractivity contribution < 1.29 is 4.79 Å². The van der Waals surface area contributed by atoms with Gasteiger partial charge in [0, 0.05) is 51.0 Å². The summed E-state index contributed by atoms with van der Waals surface area (Å²) in [6.45, 7) is 4.72. The maximum atomic E-state index is 12.5. The molecule has 6 heteroatoms. The van der Waals surface area contributed by atoms with E-state index in [2.05, 4.69) is 57.7 Å². The van der Waals surface area contributed by atoms with Crippen LogP contribution in [-0.2, 0) is 0 Å². The van der Waals surface area contributed by atoms with Gasteiger partial charge in [0.15, 0.2) is 5.82 Å². The maximum Gasteiger partial charge on any atom is 0.251 e. The molecule has 3 aromatic rings. The minimum atomic E-state index is 0.00257. The number of carbonyl (C=O) groups excluding carboxylic acids is 1. The lowest BCUT2D eigenvalue weighted by Gasteiger charge is -2.32. The monoisotopic (exact) mass is 417 g/mol. The lowest BCUT2D eigenvalue weighted by molar-refractivity contribution is 0.0945. The average Bonchev–Trinajstić information content (AvgIpc) is 3.28. The van der Waals surface area contributed by atoms with Gasteiger partial charge in [0.05, 0.1) is 5.69 Å². The number of aromatic nitrogens is 2. The highest BCUT2D eigenvalue weighted by atomic mass is 16.1. The van der Waals surface area contributed by atoms with Crippen molar-refractivity contribution in [3.05, 3.63) is 65.7 Å². The zero-order valence-corrected chi connectivity index (χ0v) is 18.6. The Bertz CT molecular complexity index is 999. The highest BCUT2D eigenvalue weighted by Crippen LogP contribution is 2.26. The van der Waals surface area contributed by atoms with E-state index in [1.165, 1.54) is 5.56 Å². The van der Waals surface area contributed by atoms with Crippen molar-refractivity contribution in [3.63, 3.8) is 0 Å². The summed E-state index contributed by atoms with van der Waals surface area (Å²) in [7, 11) is 3.99. The van der Waals surface area contributed by atoms with Gasteiger partial charge in [-0.3, -0.25) is 9.89 Å². The van der Waals surface area contributed by atoms with Crippen LogP contribution in [0.15, 0.2) is 54.6 Å². The summed E-state index contributed by atoms with van der Waals surface area (Å²) >= 11 is 0. The standard InChI is InChI=1S/C25H31N5O/c1-18-4-6-20(7-5-18)23-16-24(28-27-23)30-14-12-19(13-15-30)17-26-25(31)21-8-10-22(11-9-21)29(2)3/h4-11,16,19H,12-15,17H2,1-3H3,(H,26,31)(H,27,28). The van der Waals surface area contributed by atoms with Crippen LogP contribution in [0.4, 0.5) is 11.5 Å². The van der Waals surface area contributed by atoms with Gasteiger partial charge in [-0.1, -0.05) is 29.8 Å². The summed E-state index contributed by atoms with van der Waals surface area (Å²) in [6, 6.07) is 18.3. The van der Waals surface area contributed by atoms with Crippen molar-refractivity contribution in [2.75, 3.05) is 43.5 Å². The minimum absolute atomic E-state index is 0.00257. The average molecular weight is 418 g/mol. The predicted molar refractivity (Wildman–Crippen MR) is 127 cm³/mol. The molecule has 31 heavy (non-hydrogen) atoms. The Morgan fingerprint density at radius 3 is 2.42 bits per heavy atom. The maximum absolute atomic E-state index is 12.5. The molecule has 1 fully saturated rings. The Hall–Kier alpha value is -3.28. The number of anilines is 2. The first-order valence-electron chi connectivity index (χ1n) is 10.9. The van der Waals surface area contributed by atoms with Crippen molar-refractivity contribution in [1.82, 2.24) is 15.5 Å². The molecule has 6 nitrogen and oxygen atoms in total. The summed E-state index contributed by atoms with van der Waals surface area (Å²) < 4.78 is 0. The second-order valence-electron chi connectivity index (χ2n) is 8.59. The summed E-state index contributed by atoms with van der Waals surface area (Å²) in [6.07, 6.45) is 2.10. The molecule has 0 atom stereocenters. The number of nitrogens with zero attached hydrogens (tertiary/aromatic N) is 3. The molecule has 1 amide bonds. The first-order valence-corrected chi connectivity index (χ1v) is 10.9. The largest absolute Gasteiger partial charge is 0.378 e. The highest BCUT2D eigenvalue weighted by molar-refractivity contribution is 5.94. The third kappa shape index (κ3) is 5.08. The molecule has 0 spiro atoms. The van der Waals surface area contributed by atoms with Gasteiger partial charge in [0.2, 0.25) is 0 Å². The Balaban J connectivity index is 1.26. The Morgan fingerprint density at radius 2 is 1.77 bits per heavy atom. The van der Waals surface area contributed by atoms with Gasteiger partial charge in [-0.15, -0.1) is 0 Å². The molecule has 1 aromatic heterocycles. The van der Waals surface area contributed by atoms with Gasteiger partial charge < -0.3 is 15.1 Å². The number of benzene rings is 2. The van der Waals surface area contributed by atoms with Gasteiger partial charge >= 0.3 is 0 Å². The van der Waals surface area contributed by atoms with Crippen molar-refractivity contribution in [2.24, 2.45) is 5.92 Å². The van der Waals surface area contributed by atoms with Crippen LogP contribution in [0.1, 0.15) is 28.8 Å². The number of hydrogen-bond donors (Lipinski definition) is 2. The van der Waals surface area contributed by atoms with Gasteiger partial charge in [-0.25, -0.2) is 0 Å². The summed E-state index contributed by atoms with van der Waals surface area (Å²) in [5.41, 5.74) is 5.25. The fourth-order valence-corrected chi connectivity index (χ4v) is 3.97. The SMILES string of the molecule is Cc1ccc(-c2cc(N3CCC(CNC(=O)c4ccc(N(C)C)cc4)CC3)n[nH]2)cc1. The number of rotatable bonds is 6. The molecular formula is C25H31N5O. The van der Waals surface area contributed by atoms with Crippen molar-refractivity contribution in [3.8, 4) is 11.3 Å². The minimum Gasteiger partial charge on any atom is -0.378 e. The molecule has 4 rings (SSSR count). The Kier molecular flexibility index (Phi) is 6.26. The van der Waals surface area contributed by atoms with Gasteiger partial charge in [0.1, 0.15) is 0 Å². The molecule has 162 valence electrons. The molecule has 1 aliphatic rings. The lowest BCUT2D eigenvalue weighted by atomic mass is 9.96. The van der Waals surface area contributed by atoms with E-state index < -0.39 is 0 Å². The van der Waals surface area contributed by atoms with Crippen LogP contribution in [0.5, 0.6) is 0 Å². The molecule has 1 aliphatic heterocycles. The number of aromatic amines is 1. The molecular weight excluding hydrogens is 386 g/mol. The van der Waals surface area contributed by atoms with Crippen LogP contribution in [-0.4, -0.2) is 49.8 Å². The molecule has 2 N–H and O–H groups in total. The van der Waals surface area contributed by atoms with Crippen LogP contribution >= 0.6 is 0 Å². The smallest absolute Gasteiger partial charge is 0.251 e. The molecule has 0 aliphatic carbocycles. The van der Waals surface area contributed by atoms with Crippen molar-refractivity contribution >= 4 is 17.4 Å². The molecule has 2 heterocycles. The normalized spacial score (nSPS) is 14.5. The van der Waals surface area contributed by atoms with E-state index in [0.717, 1.165) is 55.2 Å². The first kappa shape index (κ1) is 21.0. The number of piperidine rings is 1. The van der Waals surface area contributed by atoms with Crippen molar-refractivity contribution in [1.29, 1.82) is 0 Å². The van der Waals surface area contributed by atoms with Crippen LogP contribution in [0.25, 0.3) is 11.3 Å². The van der Waals surface area contributed by atoms with Crippen LogP contribution in [0.3, 0.4) is 0 Å². The highest BCUT2D eigenvalue weighted by Gasteiger charge is 2.22. The second kappa shape index (κ2) is 9.25. The Labute approximate surface area is 184 Å². The van der Waals surface area contributed by atoms with Gasteiger partial charge in [0.25, 0.3) is 5.91 Å². The molecule has 2 aromatic carbocycles.